The Labute approximate surface area is 136 Å². The first-order valence-electron chi connectivity index (χ1n) is 8.18. The number of hydrogen-bond acceptors (Lipinski definition) is 3. The van der Waals surface area contributed by atoms with Gasteiger partial charge >= 0.3 is 0 Å². The molecular formula is C19H23NO3. The second kappa shape index (κ2) is 5.02. The lowest BCUT2D eigenvalue weighted by Gasteiger charge is -2.40. The quantitative estimate of drug-likeness (QED) is 0.804. The molecule has 1 aromatic carbocycles. The third-order valence-electron chi connectivity index (χ3n) is 6.53. The SMILES string of the molecule is C[C@@H]1CC[C@@](C)(C(=O)CN2C(=O)c3ccccc3C2=O)C1(C)C. The number of amides is 2. The van der Waals surface area contributed by atoms with Crippen LogP contribution in [0.5, 0.6) is 0 Å². The minimum absolute atomic E-state index is 0.0126. The molecule has 0 N–H and O–H groups in total. The molecule has 0 spiro atoms. The Morgan fingerprint density at radius 3 is 2.09 bits per heavy atom. The smallest absolute Gasteiger partial charge is 0.261 e. The van der Waals surface area contributed by atoms with E-state index in [2.05, 4.69) is 20.8 Å². The number of Topliss-reactive ketones (excluding diaryl/α,β-unsaturated/α-hetero) is 1. The first-order valence-corrected chi connectivity index (χ1v) is 8.18. The number of hydrogen-bond donors (Lipinski definition) is 0. The van der Waals surface area contributed by atoms with Crippen molar-refractivity contribution in [3.8, 4) is 0 Å². The molecule has 1 heterocycles. The van der Waals surface area contributed by atoms with E-state index in [1.807, 2.05) is 6.92 Å². The molecule has 0 unspecified atom stereocenters. The maximum Gasteiger partial charge on any atom is 0.261 e. The van der Waals surface area contributed by atoms with E-state index in [-0.39, 0.29) is 29.6 Å². The van der Waals surface area contributed by atoms with Gasteiger partial charge in [0.05, 0.1) is 17.7 Å². The first-order chi connectivity index (χ1) is 10.7. The Kier molecular flexibility index (Phi) is 3.47. The number of carbonyl (C=O) groups is 3. The molecule has 0 radical (unpaired) electrons. The summed E-state index contributed by atoms with van der Waals surface area (Å²) in [5.41, 5.74) is 0.161. The molecule has 2 aliphatic rings. The van der Waals surface area contributed by atoms with Crippen molar-refractivity contribution < 1.29 is 14.4 Å². The normalized spacial score (nSPS) is 29.0. The van der Waals surface area contributed by atoms with Gasteiger partial charge in [-0.1, -0.05) is 39.8 Å². The van der Waals surface area contributed by atoms with Crippen molar-refractivity contribution in [2.75, 3.05) is 6.54 Å². The van der Waals surface area contributed by atoms with Crippen molar-refractivity contribution in [1.82, 2.24) is 4.90 Å². The summed E-state index contributed by atoms with van der Waals surface area (Å²) in [7, 11) is 0. The summed E-state index contributed by atoms with van der Waals surface area (Å²) >= 11 is 0. The van der Waals surface area contributed by atoms with Crippen LogP contribution in [0.2, 0.25) is 0 Å². The highest BCUT2D eigenvalue weighted by Gasteiger charge is 2.54. The molecule has 3 rings (SSSR count). The summed E-state index contributed by atoms with van der Waals surface area (Å²) in [4.78, 5) is 39.0. The van der Waals surface area contributed by atoms with Crippen molar-refractivity contribution in [2.45, 2.75) is 40.5 Å². The van der Waals surface area contributed by atoms with E-state index in [1.165, 1.54) is 0 Å². The van der Waals surface area contributed by atoms with Gasteiger partial charge in [0.1, 0.15) is 0 Å². The third-order valence-corrected chi connectivity index (χ3v) is 6.53. The molecule has 0 aromatic heterocycles. The summed E-state index contributed by atoms with van der Waals surface area (Å²) in [6.07, 6.45) is 1.81. The summed E-state index contributed by atoms with van der Waals surface area (Å²) in [5, 5.41) is 0. The molecule has 122 valence electrons. The van der Waals surface area contributed by atoms with Crippen LogP contribution in [-0.2, 0) is 4.79 Å². The Morgan fingerprint density at radius 1 is 1.13 bits per heavy atom. The number of fused-ring (bicyclic) bond motifs is 1. The molecule has 2 amide bonds. The van der Waals surface area contributed by atoms with Crippen molar-refractivity contribution in [2.24, 2.45) is 16.7 Å². The van der Waals surface area contributed by atoms with Crippen molar-refractivity contribution >= 4 is 17.6 Å². The fourth-order valence-corrected chi connectivity index (χ4v) is 3.93. The van der Waals surface area contributed by atoms with Gasteiger partial charge in [-0.3, -0.25) is 19.3 Å². The Bertz CT molecular complexity index is 671. The molecule has 4 nitrogen and oxygen atoms in total. The summed E-state index contributed by atoms with van der Waals surface area (Å²) in [5.74, 6) is -0.280. The molecule has 1 saturated carbocycles. The summed E-state index contributed by atoms with van der Waals surface area (Å²) in [6.45, 7) is 8.26. The summed E-state index contributed by atoms with van der Waals surface area (Å²) < 4.78 is 0. The van der Waals surface area contributed by atoms with Crippen LogP contribution in [0.15, 0.2) is 24.3 Å². The highest BCUT2D eigenvalue weighted by molar-refractivity contribution is 6.22. The monoisotopic (exact) mass is 313 g/mol. The van der Waals surface area contributed by atoms with E-state index in [0.717, 1.165) is 17.7 Å². The first kappa shape index (κ1) is 15.9. The molecule has 4 heteroatoms. The van der Waals surface area contributed by atoms with Gasteiger partial charge in [-0.15, -0.1) is 0 Å². The maximum atomic E-state index is 13.0. The molecule has 0 saturated heterocycles. The van der Waals surface area contributed by atoms with Crippen LogP contribution in [0, 0.1) is 16.7 Å². The van der Waals surface area contributed by atoms with Crippen LogP contribution in [-0.4, -0.2) is 29.0 Å². The largest absolute Gasteiger partial charge is 0.297 e. The van der Waals surface area contributed by atoms with Gasteiger partial charge < -0.3 is 0 Å². The van der Waals surface area contributed by atoms with E-state index >= 15 is 0 Å². The number of imide groups is 1. The van der Waals surface area contributed by atoms with Crippen LogP contribution in [0.4, 0.5) is 0 Å². The zero-order valence-electron chi connectivity index (χ0n) is 14.2. The Morgan fingerprint density at radius 2 is 1.65 bits per heavy atom. The number of carbonyl (C=O) groups excluding carboxylic acids is 3. The predicted molar refractivity (Wildman–Crippen MR) is 87.1 cm³/mol. The molecule has 1 aliphatic heterocycles. The molecule has 1 aliphatic carbocycles. The van der Waals surface area contributed by atoms with Crippen LogP contribution < -0.4 is 0 Å². The van der Waals surface area contributed by atoms with Gasteiger partial charge in [-0.05, 0) is 36.3 Å². The lowest BCUT2D eigenvalue weighted by molar-refractivity contribution is -0.133. The predicted octanol–water partition coefficient (Wildman–Crippen LogP) is 3.31. The standard InChI is InChI=1S/C19H23NO3/c1-12-9-10-19(4,18(12,2)3)15(21)11-20-16(22)13-7-5-6-8-14(13)17(20)23/h5-8,12H,9-11H2,1-4H3/t12-,19+/m1/s1. The van der Waals surface area contributed by atoms with Gasteiger partial charge in [0.25, 0.3) is 11.8 Å². The lowest BCUT2D eigenvalue weighted by Crippen LogP contribution is -2.46. The average Bonchev–Trinajstić information content (AvgIpc) is 2.89. The number of nitrogens with zero attached hydrogens (tertiary/aromatic N) is 1. The average molecular weight is 313 g/mol. The van der Waals surface area contributed by atoms with Gasteiger partial charge in [0.2, 0.25) is 0 Å². The molecular weight excluding hydrogens is 290 g/mol. The molecule has 0 bridgehead atoms. The highest BCUT2D eigenvalue weighted by Crippen LogP contribution is 2.56. The van der Waals surface area contributed by atoms with Gasteiger partial charge in [-0.2, -0.15) is 0 Å². The number of ketones is 1. The van der Waals surface area contributed by atoms with Gasteiger partial charge in [0.15, 0.2) is 5.78 Å². The minimum atomic E-state index is -0.498. The van der Waals surface area contributed by atoms with Crippen molar-refractivity contribution in [3.05, 3.63) is 35.4 Å². The number of rotatable bonds is 3. The molecule has 1 fully saturated rings. The van der Waals surface area contributed by atoms with Crippen molar-refractivity contribution in [3.63, 3.8) is 0 Å². The van der Waals surface area contributed by atoms with Crippen LogP contribution in [0.25, 0.3) is 0 Å². The van der Waals surface area contributed by atoms with Crippen LogP contribution >= 0.6 is 0 Å². The van der Waals surface area contributed by atoms with E-state index in [0.29, 0.717) is 17.0 Å². The van der Waals surface area contributed by atoms with Crippen LogP contribution in [0.1, 0.15) is 61.3 Å². The Balaban J connectivity index is 1.85. The van der Waals surface area contributed by atoms with E-state index in [1.54, 1.807) is 24.3 Å². The Hall–Kier alpha value is -1.97. The summed E-state index contributed by atoms with van der Waals surface area (Å²) in [6, 6.07) is 6.75. The molecule has 2 atom stereocenters. The molecule has 23 heavy (non-hydrogen) atoms. The topological polar surface area (TPSA) is 54.5 Å². The lowest BCUT2D eigenvalue weighted by atomic mass is 9.64. The zero-order chi connectivity index (χ0) is 17.0. The highest BCUT2D eigenvalue weighted by atomic mass is 16.2. The fraction of sp³-hybridized carbons (Fsp3) is 0.526. The molecule has 1 aromatic rings. The van der Waals surface area contributed by atoms with Crippen molar-refractivity contribution in [1.29, 1.82) is 0 Å². The maximum absolute atomic E-state index is 13.0. The van der Waals surface area contributed by atoms with E-state index < -0.39 is 5.41 Å². The van der Waals surface area contributed by atoms with Gasteiger partial charge in [-0.25, -0.2) is 0 Å². The second-order valence-corrected chi connectivity index (χ2v) is 7.66. The fourth-order valence-electron chi connectivity index (χ4n) is 3.93. The minimum Gasteiger partial charge on any atom is -0.297 e. The van der Waals surface area contributed by atoms with E-state index in [4.69, 9.17) is 0 Å². The zero-order valence-corrected chi connectivity index (χ0v) is 14.2. The number of benzene rings is 1. The van der Waals surface area contributed by atoms with Crippen LogP contribution in [0.3, 0.4) is 0 Å². The third kappa shape index (κ3) is 2.07. The van der Waals surface area contributed by atoms with E-state index in [9.17, 15) is 14.4 Å². The van der Waals surface area contributed by atoms with Gasteiger partial charge in [0, 0.05) is 5.41 Å². The second-order valence-electron chi connectivity index (χ2n) is 7.66.